The second-order valence-electron chi connectivity index (χ2n) is 5.99. The van der Waals surface area contributed by atoms with E-state index in [9.17, 15) is 0 Å². The zero-order chi connectivity index (χ0) is 14.7. The third-order valence-electron chi connectivity index (χ3n) is 3.71. The Kier molecular flexibility index (Phi) is 4.25. The SMILES string of the molecule is CC(C)NCc1ccc(OCc2cncn2C2CC2)cc1. The number of imidazole rings is 1. The van der Waals surface area contributed by atoms with Gasteiger partial charge in [0.1, 0.15) is 12.4 Å². The molecule has 1 aliphatic rings. The van der Waals surface area contributed by atoms with Crippen LogP contribution in [0.2, 0.25) is 0 Å². The number of nitrogens with zero attached hydrogens (tertiary/aromatic N) is 2. The number of hydrogen-bond acceptors (Lipinski definition) is 3. The Morgan fingerprint density at radius 1 is 1.29 bits per heavy atom. The lowest BCUT2D eigenvalue weighted by atomic mass is 10.2. The fraction of sp³-hybridized carbons (Fsp3) is 0.471. The quantitative estimate of drug-likeness (QED) is 0.848. The van der Waals surface area contributed by atoms with Gasteiger partial charge in [0.2, 0.25) is 0 Å². The van der Waals surface area contributed by atoms with E-state index in [0.717, 1.165) is 18.0 Å². The molecule has 112 valence electrons. The summed E-state index contributed by atoms with van der Waals surface area (Å²) in [6.07, 6.45) is 6.35. The predicted molar refractivity (Wildman–Crippen MR) is 83.2 cm³/mol. The number of rotatable bonds is 7. The van der Waals surface area contributed by atoms with Gasteiger partial charge in [0, 0.05) is 18.6 Å². The molecule has 1 heterocycles. The summed E-state index contributed by atoms with van der Waals surface area (Å²) in [5.41, 5.74) is 2.43. The Balaban J connectivity index is 1.54. The summed E-state index contributed by atoms with van der Waals surface area (Å²) >= 11 is 0. The minimum absolute atomic E-state index is 0.503. The zero-order valence-corrected chi connectivity index (χ0v) is 12.7. The van der Waals surface area contributed by atoms with Crippen molar-refractivity contribution in [2.75, 3.05) is 0 Å². The van der Waals surface area contributed by atoms with E-state index in [1.165, 1.54) is 18.4 Å². The molecule has 3 rings (SSSR count). The molecule has 1 aromatic carbocycles. The lowest BCUT2D eigenvalue weighted by molar-refractivity contribution is 0.295. The normalized spacial score (nSPS) is 14.6. The first-order valence-corrected chi connectivity index (χ1v) is 7.68. The molecule has 1 fully saturated rings. The van der Waals surface area contributed by atoms with Gasteiger partial charge in [0.15, 0.2) is 0 Å². The van der Waals surface area contributed by atoms with Crippen molar-refractivity contribution >= 4 is 0 Å². The van der Waals surface area contributed by atoms with Crippen LogP contribution >= 0.6 is 0 Å². The fourth-order valence-corrected chi connectivity index (χ4v) is 2.31. The summed E-state index contributed by atoms with van der Waals surface area (Å²) in [7, 11) is 0. The van der Waals surface area contributed by atoms with Crippen LogP contribution in [0, 0.1) is 0 Å². The molecule has 21 heavy (non-hydrogen) atoms. The molecular formula is C17H23N3O. The van der Waals surface area contributed by atoms with Crippen LogP contribution in [0.1, 0.15) is 44.0 Å². The highest BCUT2D eigenvalue weighted by atomic mass is 16.5. The van der Waals surface area contributed by atoms with Gasteiger partial charge in [-0.1, -0.05) is 26.0 Å². The monoisotopic (exact) mass is 285 g/mol. The maximum Gasteiger partial charge on any atom is 0.130 e. The summed E-state index contributed by atoms with van der Waals surface area (Å²) in [4.78, 5) is 4.23. The van der Waals surface area contributed by atoms with Gasteiger partial charge in [-0.25, -0.2) is 4.98 Å². The van der Waals surface area contributed by atoms with Gasteiger partial charge < -0.3 is 14.6 Å². The Morgan fingerprint density at radius 3 is 2.71 bits per heavy atom. The second-order valence-corrected chi connectivity index (χ2v) is 5.99. The summed E-state index contributed by atoms with van der Waals surface area (Å²) in [6, 6.07) is 9.45. The Bertz CT molecular complexity index is 570. The average Bonchev–Trinajstić information content (AvgIpc) is 3.23. The standard InChI is InChI=1S/C17H23N3O/c1-13(2)19-9-14-3-7-17(8-4-14)21-11-16-10-18-12-20(16)15-5-6-15/h3-4,7-8,10,12-13,15,19H,5-6,9,11H2,1-2H3. The molecule has 4 nitrogen and oxygen atoms in total. The number of benzene rings is 1. The number of nitrogens with one attached hydrogen (secondary N) is 1. The van der Waals surface area contributed by atoms with Crippen molar-refractivity contribution in [1.29, 1.82) is 0 Å². The van der Waals surface area contributed by atoms with Crippen LogP contribution in [0.3, 0.4) is 0 Å². The van der Waals surface area contributed by atoms with Gasteiger partial charge in [-0.3, -0.25) is 0 Å². The molecule has 1 N–H and O–H groups in total. The van der Waals surface area contributed by atoms with Crippen LogP contribution in [0.4, 0.5) is 0 Å². The first kappa shape index (κ1) is 14.1. The average molecular weight is 285 g/mol. The van der Waals surface area contributed by atoms with Crippen LogP contribution in [-0.4, -0.2) is 15.6 Å². The molecule has 0 spiro atoms. The van der Waals surface area contributed by atoms with Crippen molar-refractivity contribution in [2.24, 2.45) is 0 Å². The number of aromatic nitrogens is 2. The minimum Gasteiger partial charge on any atom is -0.487 e. The highest BCUT2D eigenvalue weighted by molar-refractivity contribution is 5.27. The van der Waals surface area contributed by atoms with E-state index in [2.05, 4.69) is 40.8 Å². The summed E-state index contributed by atoms with van der Waals surface area (Å²) in [6.45, 7) is 5.79. The molecule has 4 heteroatoms. The maximum absolute atomic E-state index is 5.87. The Hall–Kier alpha value is -1.81. The van der Waals surface area contributed by atoms with Crippen LogP contribution in [0.25, 0.3) is 0 Å². The molecule has 0 bridgehead atoms. The molecule has 0 unspecified atom stereocenters. The third kappa shape index (κ3) is 3.85. The van der Waals surface area contributed by atoms with Crippen molar-refractivity contribution < 1.29 is 4.74 Å². The summed E-state index contributed by atoms with van der Waals surface area (Å²) in [5, 5.41) is 3.41. The highest BCUT2D eigenvalue weighted by Crippen LogP contribution is 2.35. The van der Waals surface area contributed by atoms with Crippen molar-refractivity contribution in [2.45, 2.75) is 51.9 Å². The summed E-state index contributed by atoms with van der Waals surface area (Å²) in [5.74, 6) is 0.909. The Labute approximate surface area is 126 Å². The fourth-order valence-electron chi connectivity index (χ4n) is 2.31. The highest BCUT2D eigenvalue weighted by Gasteiger charge is 2.25. The zero-order valence-electron chi connectivity index (χ0n) is 12.7. The molecule has 0 atom stereocenters. The van der Waals surface area contributed by atoms with Gasteiger partial charge in [0.25, 0.3) is 0 Å². The van der Waals surface area contributed by atoms with Crippen molar-refractivity contribution in [3.8, 4) is 5.75 Å². The van der Waals surface area contributed by atoms with E-state index < -0.39 is 0 Å². The number of ether oxygens (including phenoxy) is 1. The molecule has 0 amide bonds. The van der Waals surface area contributed by atoms with Crippen molar-refractivity contribution in [3.63, 3.8) is 0 Å². The van der Waals surface area contributed by atoms with Gasteiger partial charge in [-0.2, -0.15) is 0 Å². The van der Waals surface area contributed by atoms with Gasteiger partial charge >= 0.3 is 0 Å². The molecular weight excluding hydrogens is 262 g/mol. The molecule has 0 aliphatic heterocycles. The van der Waals surface area contributed by atoms with Crippen LogP contribution in [0.5, 0.6) is 5.75 Å². The maximum atomic E-state index is 5.87. The lowest BCUT2D eigenvalue weighted by Crippen LogP contribution is -2.21. The van der Waals surface area contributed by atoms with Gasteiger partial charge in [-0.15, -0.1) is 0 Å². The third-order valence-corrected chi connectivity index (χ3v) is 3.71. The molecule has 0 radical (unpaired) electrons. The van der Waals surface area contributed by atoms with E-state index in [-0.39, 0.29) is 0 Å². The molecule has 1 aliphatic carbocycles. The minimum atomic E-state index is 0.503. The molecule has 1 aromatic heterocycles. The smallest absolute Gasteiger partial charge is 0.130 e. The van der Waals surface area contributed by atoms with E-state index in [1.807, 2.05) is 24.7 Å². The predicted octanol–water partition coefficient (Wildman–Crippen LogP) is 3.30. The first-order valence-electron chi connectivity index (χ1n) is 7.68. The van der Waals surface area contributed by atoms with E-state index in [0.29, 0.717) is 18.7 Å². The van der Waals surface area contributed by atoms with E-state index in [1.54, 1.807) is 0 Å². The van der Waals surface area contributed by atoms with E-state index in [4.69, 9.17) is 4.74 Å². The van der Waals surface area contributed by atoms with Crippen LogP contribution in [-0.2, 0) is 13.2 Å². The Morgan fingerprint density at radius 2 is 2.05 bits per heavy atom. The summed E-state index contributed by atoms with van der Waals surface area (Å²) < 4.78 is 8.11. The largest absolute Gasteiger partial charge is 0.487 e. The molecule has 2 aromatic rings. The van der Waals surface area contributed by atoms with Crippen LogP contribution < -0.4 is 10.1 Å². The van der Waals surface area contributed by atoms with Gasteiger partial charge in [0.05, 0.1) is 18.2 Å². The van der Waals surface area contributed by atoms with Gasteiger partial charge in [-0.05, 0) is 30.5 Å². The van der Waals surface area contributed by atoms with E-state index >= 15 is 0 Å². The van der Waals surface area contributed by atoms with Crippen molar-refractivity contribution in [3.05, 3.63) is 48.0 Å². The number of hydrogen-bond donors (Lipinski definition) is 1. The lowest BCUT2D eigenvalue weighted by Gasteiger charge is -2.10. The topological polar surface area (TPSA) is 39.1 Å². The van der Waals surface area contributed by atoms with Crippen molar-refractivity contribution in [1.82, 2.24) is 14.9 Å². The second kappa shape index (κ2) is 6.31. The van der Waals surface area contributed by atoms with Crippen LogP contribution in [0.15, 0.2) is 36.8 Å². The molecule has 1 saturated carbocycles. The first-order chi connectivity index (χ1) is 10.2. The molecule has 0 saturated heterocycles.